The zero-order valence-electron chi connectivity index (χ0n) is 20.0. The molecule has 36 heavy (non-hydrogen) atoms. The van der Waals surface area contributed by atoms with Crippen LogP contribution in [0.5, 0.6) is 11.5 Å². The van der Waals surface area contributed by atoms with Crippen LogP contribution in [0.2, 0.25) is 0 Å². The van der Waals surface area contributed by atoms with Gasteiger partial charge in [0.1, 0.15) is 23.3 Å². The quantitative estimate of drug-likeness (QED) is 0.180. The fourth-order valence-corrected chi connectivity index (χ4v) is 6.11. The van der Waals surface area contributed by atoms with E-state index in [-0.39, 0.29) is 11.3 Å². The number of anilines is 1. The van der Waals surface area contributed by atoms with Gasteiger partial charge in [0.2, 0.25) is 0 Å². The number of fused-ring (bicyclic) bond motifs is 1. The lowest BCUT2D eigenvalue weighted by molar-refractivity contribution is -0.132. The van der Waals surface area contributed by atoms with Gasteiger partial charge in [0.05, 0.1) is 29.0 Å². The fraction of sp³-hybridized carbons (Fsp3) is 0.222. The van der Waals surface area contributed by atoms with E-state index < -0.39 is 17.7 Å². The van der Waals surface area contributed by atoms with E-state index in [0.29, 0.717) is 40.9 Å². The Bertz CT molecular complexity index is 1490. The molecule has 0 radical (unpaired) electrons. The first-order valence-corrected chi connectivity index (χ1v) is 13.2. The molecule has 3 heterocycles. The summed E-state index contributed by atoms with van der Waals surface area (Å²) >= 11 is 2.72. The molecule has 4 aromatic rings. The van der Waals surface area contributed by atoms with Gasteiger partial charge in [0.25, 0.3) is 5.78 Å². The number of benzene rings is 2. The molecule has 1 atom stereocenters. The van der Waals surface area contributed by atoms with Gasteiger partial charge in [-0.05, 0) is 74.2 Å². The van der Waals surface area contributed by atoms with Crippen LogP contribution in [0.25, 0.3) is 16.0 Å². The molecule has 1 saturated heterocycles. The number of carbonyl (C=O) groups is 2. The highest BCUT2D eigenvalue weighted by Crippen LogP contribution is 2.45. The SMILES string of the molecule is CCOc1ccc2nc(N3C(=O)C(=O)/C(=C(/O)c4ccc(OCC)c(C)c4)C3c3cccs3)sc2c1. The second kappa shape index (κ2) is 9.75. The lowest BCUT2D eigenvalue weighted by Crippen LogP contribution is -2.28. The summed E-state index contributed by atoms with van der Waals surface area (Å²) in [6.07, 6.45) is 0. The van der Waals surface area contributed by atoms with Crippen molar-refractivity contribution < 1.29 is 24.2 Å². The van der Waals surface area contributed by atoms with Crippen molar-refractivity contribution in [3.8, 4) is 11.5 Å². The normalized spacial score (nSPS) is 17.2. The summed E-state index contributed by atoms with van der Waals surface area (Å²) in [6, 6.07) is 13.7. The molecular formula is C27H24N2O5S2. The number of hydrogen-bond donors (Lipinski definition) is 1. The highest BCUT2D eigenvalue weighted by Gasteiger charge is 2.48. The average Bonchev–Trinajstić information content (AvgIpc) is 3.59. The van der Waals surface area contributed by atoms with Crippen molar-refractivity contribution in [2.45, 2.75) is 26.8 Å². The number of aromatic nitrogens is 1. The number of ketones is 1. The van der Waals surface area contributed by atoms with Crippen LogP contribution in [0.3, 0.4) is 0 Å². The molecule has 0 saturated carbocycles. The third kappa shape index (κ3) is 4.14. The molecule has 9 heteroatoms. The molecule has 1 amide bonds. The Morgan fingerprint density at radius 1 is 1.08 bits per heavy atom. The Hall–Kier alpha value is -3.69. The van der Waals surface area contributed by atoms with Crippen molar-refractivity contribution in [3.63, 3.8) is 0 Å². The van der Waals surface area contributed by atoms with Crippen LogP contribution >= 0.6 is 22.7 Å². The van der Waals surface area contributed by atoms with Crippen LogP contribution < -0.4 is 14.4 Å². The molecule has 7 nitrogen and oxygen atoms in total. The maximum atomic E-state index is 13.4. The summed E-state index contributed by atoms with van der Waals surface area (Å²) in [5.41, 5.74) is 2.01. The molecule has 5 rings (SSSR count). The number of hydrogen-bond acceptors (Lipinski definition) is 8. The van der Waals surface area contributed by atoms with Crippen molar-refractivity contribution in [2.75, 3.05) is 18.1 Å². The molecule has 1 fully saturated rings. The molecule has 1 aliphatic heterocycles. The van der Waals surface area contributed by atoms with E-state index in [4.69, 9.17) is 9.47 Å². The van der Waals surface area contributed by atoms with Crippen LogP contribution in [-0.2, 0) is 9.59 Å². The fourth-order valence-electron chi connectivity index (χ4n) is 4.27. The first-order valence-electron chi connectivity index (χ1n) is 11.5. The van der Waals surface area contributed by atoms with Crippen molar-refractivity contribution >= 4 is 55.5 Å². The summed E-state index contributed by atoms with van der Waals surface area (Å²) in [5, 5.41) is 13.6. The Labute approximate surface area is 216 Å². The lowest BCUT2D eigenvalue weighted by Gasteiger charge is -2.21. The number of ether oxygens (including phenoxy) is 2. The van der Waals surface area contributed by atoms with E-state index in [9.17, 15) is 14.7 Å². The largest absolute Gasteiger partial charge is 0.507 e. The Morgan fingerprint density at radius 2 is 1.89 bits per heavy atom. The van der Waals surface area contributed by atoms with E-state index >= 15 is 0 Å². The number of aliphatic hydroxyl groups is 1. The predicted octanol–water partition coefficient (Wildman–Crippen LogP) is 6.09. The summed E-state index contributed by atoms with van der Waals surface area (Å²) in [4.78, 5) is 33.5. The first kappa shape index (κ1) is 24.0. The number of Topliss-reactive ketones (excluding diaryl/α,β-unsaturated/α-hetero) is 1. The van der Waals surface area contributed by atoms with Gasteiger partial charge in [-0.2, -0.15) is 0 Å². The summed E-state index contributed by atoms with van der Waals surface area (Å²) < 4.78 is 12.0. The number of nitrogens with zero attached hydrogens (tertiary/aromatic N) is 2. The number of aryl methyl sites for hydroxylation is 1. The van der Waals surface area contributed by atoms with E-state index in [1.807, 2.05) is 56.5 Å². The molecule has 1 N–H and O–H groups in total. The topological polar surface area (TPSA) is 89.0 Å². The van der Waals surface area contributed by atoms with Gasteiger partial charge < -0.3 is 14.6 Å². The second-order valence-corrected chi connectivity index (χ2v) is 10.1. The minimum absolute atomic E-state index is 0.0419. The van der Waals surface area contributed by atoms with E-state index in [1.54, 1.807) is 18.2 Å². The zero-order chi connectivity index (χ0) is 25.4. The minimum atomic E-state index is -0.788. The van der Waals surface area contributed by atoms with E-state index in [2.05, 4.69) is 4.98 Å². The van der Waals surface area contributed by atoms with Crippen LogP contribution in [0.1, 0.15) is 35.9 Å². The average molecular weight is 521 g/mol. The van der Waals surface area contributed by atoms with Gasteiger partial charge in [-0.15, -0.1) is 11.3 Å². The highest BCUT2D eigenvalue weighted by molar-refractivity contribution is 7.22. The maximum Gasteiger partial charge on any atom is 0.301 e. The second-order valence-electron chi connectivity index (χ2n) is 8.16. The van der Waals surface area contributed by atoms with Crippen molar-refractivity contribution in [1.82, 2.24) is 4.98 Å². The number of thiazole rings is 1. The maximum absolute atomic E-state index is 13.4. The van der Waals surface area contributed by atoms with Gasteiger partial charge in [-0.3, -0.25) is 14.5 Å². The number of carbonyl (C=O) groups excluding carboxylic acids is 2. The smallest absolute Gasteiger partial charge is 0.301 e. The third-order valence-electron chi connectivity index (χ3n) is 5.87. The van der Waals surface area contributed by atoms with Crippen LogP contribution in [0.4, 0.5) is 5.13 Å². The van der Waals surface area contributed by atoms with Gasteiger partial charge in [0, 0.05) is 10.4 Å². The Morgan fingerprint density at radius 3 is 2.58 bits per heavy atom. The van der Waals surface area contributed by atoms with Gasteiger partial charge in [-0.1, -0.05) is 17.4 Å². The van der Waals surface area contributed by atoms with Crippen molar-refractivity contribution in [2.24, 2.45) is 0 Å². The molecule has 1 aliphatic rings. The van der Waals surface area contributed by atoms with E-state index in [1.165, 1.54) is 27.6 Å². The molecule has 184 valence electrons. The minimum Gasteiger partial charge on any atom is -0.507 e. The Kier molecular flexibility index (Phi) is 6.51. The molecule has 0 spiro atoms. The predicted molar refractivity (Wildman–Crippen MR) is 142 cm³/mol. The summed E-state index contributed by atoms with van der Waals surface area (Å²) in [6.45, 7) is 6.73. The molecule has 1 unspecified atom stereocenters. The first-order chi connectivity index (χ1) is 17.4. The molecule has 2 aromatic carbocycles. The summed E-state index contributed by atoms with van der Waals surface area (Å²) in [5.74, 6) is -0.276. The van der Waals surface area contributed by atoms with Crippen LogP contribution in [0.15, 0.2) is 59.5 Å². The number of aliphatic hydroxyl groups excluding tert-OH is 1. The molecule has 2 aromatic heterocycles. The molecule has 0 bridgehead atoms. The van der Waals surface area contributed by atoms with Gasteiger partial charge >= 0.3 is 5.91 Å². The molecule has 0 aliphatic carbocycles. The van der Waals surface area contributed by atoms with Crippen molar-refractivity contribution in [1.29, 1.82) is 0 Å². The van der Waals surface area contributed by atoms with Crippen molar-refractivity contribution in [3.05, 3.63) is 75.5 Å². The summed E-state index contributed by atoms with van der Waals surface area (Å²) in [7, 11) is 0. The third-order valence-corrected chi connectivity index (χ3v) is 7.81. The highest BCUT2D eigenvalue weighted by atomic mass is 32.1. The lowest BCUT2D eigenvalue weighted by atomic mass is 9.99. The number of rotatable bonds is 7. The zero-order valence-corrected chi connectivity index (χ0v) is 21.6. The Balaban J connectivity index is 1.64. The van der Waals surface area contributed by atoms with Crippen LogP contribution in [-0.4, -0.2) is 35.0 Å². The standard InChI is InChI=1S/C27H24N2O5S2/c1-4-33-17-9-10-18-21(14-17)36-27(28-18)29-23(20-7-6-12-35-20)22(25(31)26(29)32)24(30)16-8-11-19(34-5-2)15(3)13-16/h6-14,23,30H,4-5H2,1-3H3/b24-22+. The van der Waals surface area contributed by atoms with Gasteiger partial charge in [0.15, 0.2) is 5.13 Å². The molecular weight excluding hydrogens is 496 g/mol. The number of amides is 1. The van der Waals surface area contributed by atoms with Crippen LogP contribution in [0, 0.1) is 6.92 Å². The monoisotopic (exact) mass is 520 g/mol. The van der Waals surface area contributed by atoms with Gasteiger partial charge in [-0.25, -0.2) is 4.98 Å². The van der Waals surface area contributed by atoms with E-state index in [0.717, 1.165) is 15.1 Å². The number of thiophene rings is 1.